The van der Waals surface area contributed by atoms with Gasteiger partial charge in [-0.25, -0.2) is 4.79 Å². The Hall–Kier alpha value is -2.44. The van der Waals surface area contributed by atoms with Crippen LogP contribution in [0.15, 0.2) is 18.2 Å². The van der Waals surface area contributed by atoms with E-state index in [1.165, 1.54) is 0 Å². The van der Waals surface area contributed by atoms with Crippen molar-refractivity contribution in [3.05, 3.63) is 23.8 Å². The molecule has 0 unspecified atom stereocenters. The second kappa shape index (κ2) is 9.37. The second-order valence-electron chi connectivity index (χ2n) is 8.67. The number of amides is 2. The minimum Gasteiger partial charge on any atom is -0.490 e. The zero-order chi connectivity index (χ0) is 21.7. The van der Waals surface area contributed by atoms with Crippen LogP contribution in [0.4, 0.5) is 4.79 Å². The lowest BCUT2D eigenvalue weighted by molar-refractivity contribution is 0.0504. The number of carbonyl (C=O) groups is 2. The summed E-state index contributed by atoms with van der Waals surface area (Å²) >= 11 is 0. The zero-order valence-corrected chi connectivity index (χ0v) is 18.5. The molecule has 1 N–H and O–H groups in total. The van der Waals surface area contributed by atoms with Crippen LogP contribution in [0, 0.1) is 5.41 Å². The molecule has 0 saturated carbocycles. The minimum absolute atomic E-state index is 0.0463. The van der Waals surface area contributed by atoms with E-state index in [9.17, 15) is 9.59 Å². The molecule has 29 heavy (non-hydrogen) atoms. The Balaban J connectivity index is 2.00. The van der Waals surface area contributed by atoms with Gasteiger partial charge in [-0.1, -0.05) is 6.92 Å². The first-order valence-corrected chi connectivity index (χ1v) is 10.2. The number of ether oxygens (including phenoxy) is 3. The van der Waals surface area contributed by atoms with Gasteiger partial charge in [-0.2, -0.15) is 0 Å². The molecule has 1 fully saturated rings. The van der Waals surface area contributed by atoms with Gasteiger partial charge in [-0.05, 0) is 59.2 Å². The van der Waals surface area contributed by atoms with Gasteiger partial charge in [0, 0.05) is 30.6 Å². The topological polar surface area (TPSA) is 77.1 Å². The van der Waals surface area contributed by atoms with Crippen molar-refractivity contribution in [2.45, 2.75) is 53.6 Å². The van der Waals surface area contributed by atoms with Crippen molar-refractivity contribution in [2.75, 3.05) is 32.8 Å². The van der Waals surface area contributed by atoms with Crippen LogP contribution in [-0.2, 0) is 4.74 Å². The normalized spacial score (nSPS) is 19.0. The highest BCUT2D eigenvalue weighted by atomic mass is 16.6. The van der Waals surface area contributed by atoms with Gasteiger partial charge in [0.05, 0.1) is 13.2 Å². The lowest BCUT2D eigenvalue weighted by atomic mass is 9.90. The molecule has 0 spiro atoms. The van der Waals surface area contributed by atoms with E-state index in [0.717, 1.165) is 6.42 Å². The Morgan fingerprint density at radius 3 is 2.41 bits per heavy atom. The fourth-order valence-corrected chi connectivity index (χ4v) is 3.31. The molecule has 7 nitrogen and oxygen atoms in total. The first kappa shape index (κ1) is 22.8. The predicted octanol–water partition coefficient (Wildman–Crippen LogP) is 3.86. The Morgan fingerprint density at radius 2 is 1.79 bits per heavy atom. The maximum Gasteiger partial charge on any atom is 0.407 e. The Morgan fingerprint density at radius 1 is 1.14 bits per heavy atom. The number of hydrogen-bond donors (Lipinski definition) is 1. The third kappa shape index (κ3) is 6.54. The number of carbonyl (C=O) groups excluding carboxylic acids is 2. The Kier molecular flexibility index (Phi) is 7.38. The maximum absolute atomic E-state index is 13.0. The number of hydrogen-bond acceptors (Lipinski definition) is 5. The van der Waals surface area contributed by atoms with E-state index in [2.05, 4.69) is 12.2 Å². The van der Waals surface area contributed by atoms with Crippen molar-refractivity contribution in [3.63, 3.8) is 0 Å². The highest BCUT2D eigenvalue weighted by Crippen LogP contribution is 2.33. The SMILES string of the molecule is CCOc1ccc(C(=O)N2CC[C@](C)(CNC(=O)OC(C)(C)C)C2)cc1OCC. The first-order valence-electron chi connectivity index (χ1n) is 10.2. The molecule has 2 rings (SSSR count). The van der Waals surface area contributed by atoms with Crippen molar-refractivity contribution < 1.29 is 23.8 Å². The van der Waals surface area contributed by atoms with E-state index >= 15 is 0 Å². The molecule has 2 amide bonds. The smallest absolute Gasteiger partial charge is 0.407 e. The number of nitrogens with zero attached hydrogens (tertiary/aromatic N) is 1. The van der Waals surface area contributed by atoms with Crippen molar-refractivity contribution in [2.24, 2.45) is 5.41 Å². The van der Waals surface area contributed by atoms with E-state index < -0.39 is 11.7 Å². The number of alkyl carbamates (subject to hydrolysis) is 1. The van der Waals surface area contributed by atoms with Crippen LogP contribution in [0.1, 0.15) is 58.3 Å². The van der Waals surface area contributed by atoms with Gasteiger partial charge in [0.1, 0.15) is 5.60 Å². The summed E-state index contributed by atoms with van der Waals surface area (Å²) in [6.07, 6.45) is 0.375. The highest BCUT2D eigenvalue weighted by molar-refractivity contribution is 5.95. The first-order chi connectivity index (χ1) is 13.6. The molecule has 1 aliphatic heterocycles. The molecule has 1 aliphatic rings. The van der Waals surface area contributed by atoms with Gasteiger partial charge in [0.2, 0.25) is 0 Å². The maximum atomic E-state index is 13.0. The van der Waals surface area contributed by atoms with Crippen LogP contribution >= 0.6 is 0 Å². The van der Waals surface area contributed by atoms with Crippen LogP contribution in [0.25, 0.3) is 0 Å². The summed E-state index contributed by atoms with van der Waals surface area (Å²) in [6.45, 7) is 14.1. The lowest BCUT2D eigenvalue weighted by Gasteiger charge is -2.26. The van der Waals surface area contributed by atoms with Crippen LogP contribution in [0.2, 0.25) is 0 Å². The molecule has 0 radical (unpaired) electrons. The Labute approximate surface area is 173 Å². The molecular weight excluding hydrogens is 372 g/mol. The number of benzene rings is 1. The molecule has 1 aromatic rings. The molecule has 1 atom stereocenters. The van der Waals surface area contributed by atoms with E-state index in [1.807, 2.05) is 39.5 Å². The second-order valence-corrected chi connectivity index (χ2v) is 8.67. The van der Waals surface area contributed by atoms with Crippen LogP contribution < -0.4 is 14.8 Å². The van der Waals surface area contributed by atoms with Gasteiger partial charge in [-0.3, -0.25) is 4.79 Å². The summed E-state index contributed by atoms with van der Waals surface area (Å²) in [7, 11) is 0. The monoisotopic (exact) mass is 406 g/mol. The Bertz CT molecular complexity index is 728. The summed E-state index contributed by atoms with van der Waals surface area (Å²) in [6, 6.07) is 5.29. The summed E-state index contributed by atoms with van der Waals surface area (Å²) in [5, 5.41) is 2.83. The molecule has 162 valence electrons. The molecule has 0 aliphatic carbocycles. The summed E-state index contributed by atoms with van der Waals surface area (Å²) in [5.74, 6) is 1.17. The number of nitrogens with one attached hydrogen (secondary N) is 1. The molecular formula is C22H34N2O5. The van der Waals surface area contributed by atoms with Crippen LogP contribution in [0.3, 0.4) is 0 Å². The summed E-state index contributed by atoms with van der Waals surface area (Å²) < 4.78 is 16.5. The standard InChI is InChI=1S/C22H34N2O5/c1-7-27-17-10-9-16(13-18(17)28-8-2)19(25)24-12-11-22(6,15-24)14-23-20(26)29-21(3,4)5/h9-10,13H,7-8,11-12,14-15H2,1-6H3,(H,23,26)/t22-/m1/s1. The average molecular weight is 407 g/mol. The van der Waals surface area contributed by atoms with Crippen LogP contribution in [0.5, 0.6) is 11.5 Å². The van der Waals surface area contributed by atoms with E-state index in [1.54, 1.807) is 18.2 Å². The zero-order valence-electron chi connectivity index (χ0n) is 18.5. The predicted molar refractivity (Wildman–Crippen MR) is 112 cm³/mol. The van der Waals surface area contributed by atoms with Gasteiger partial charge in [0.25, 0.3) is 5.91 Å². The minimum atomic E-state index is -0.533. The van der Waals surface area contributed by atoms with E-state index in [4.69, 9.17) is 14.2 Å². The summed E-state index contributed by atoms with van der Waals surface area (Å²) in [4.78, 5) is 26.8. The molecule has 0 aromatic heterocycles. The fraction of sp³-hybridized carbons (Fsp3) is 0.636. The third-order valence-corrected chi connectivity index (χ3v) is 4.69. The van der Waals surface area contributed by atoms with Crippen LogP contribution in [-0.4, -0.2) is 55.3 Å². The van der Waals surface area contributed by atoms with Crippen molar-refractivity contribution in [1.29, 1.82) is 0 Å². The number of likely N-dealkylation sites (tertiary alicyclic amines) is 1. The largest absolute Gasteiger partial charge is 0.490 e. The fourth-order valence-electron chi connectivity index (χ4n) is 3.31. The van der Waals surface area contributed by atoms with Gasteiger partial charge >= 0.3 is 6.09 Å². The van der Waals surface area contributed by atoms with Crippen molar-refractivity contribution in [1.82, 2.24) is 10.2 Å². The summed E-state index contributed by atoms with van der Waals surface area (Å²) in [5.41, 5.74) is -0.156. The molecule has 1 aromatic carbocycles. The molecule has 1 saturated heterocycles. The molecule has 1 heterocycles. The quantitative estimate of drug-likeness (QED) is 0.744. The number of rotatable bonds is 7. The van der Waals surface area contributed by atoms with Crippen molar-refractivity contribution in [3.8, 4) is 11.5 Å². The molecule has 0 bridgehead atoms. The average Bonchev–Trinajstić information content (AvgIpc) is 3.03. The highest BCUT2D eigenvalue weighted by Gasteiger charge is 2.37. The van der Waals surface area contributed by atoms with E-state index in [-0.39, 0.29) is 11.3 Å². The lowest BCUT2D eigenvalue weighted by Crippen LogP contribution is -2.41. The van der Waals surface area contributed by atoms with Gasteiger partial charge in [-0.15, -0.1) is 0 Å². The van der Waals surface area contributed by atoms with Gasteiger partial charge < -0.3 is 24.4 Å². The van der Waals surface area contributed by atoms with Crippen molar-refractivity contribution >= 4 is 12.0 Å². The third-order valence-electron chi connectivity index (χ3n) is 4.69. The van der Waals surface area contributed by atoms with E-state index in [0.29, 0.717) is 49.9 Å². The molecule has 7 heteroatoms. The van der Waals surface area contributed by atoms with Gasteiger partial charge in [0.15, 0.2) is 11.5 Å².